The van der Waals surface area contributed by atoms with E-state index in [4.69, 9.17) is 4.74 Å². The maximum atomic E-state index is 9.41. The highest BCUT2D eigenvalue weighted by Gasteiger charge is 2.11. The van der Waals surface area contributed by atoms with Crippen LogP contribution < -0.4 is 4.74 Å². The van der Waals surface area contributed by atoms with Gasteiger partial charge in [0.15, 0.2) is 0 Å². The lowest BCUT2D eigenvalue weighted by Crippen LogP contribution is -2.07. The molecule has 1 atom stereocenters. The summed E-state index contributed by atoms with van der Waals surface area (Å²) in [6, 6.07) is 2.11. The molecule has 0 saturated heterocycles. The number of aliphatic hydroxyl groups excluding tert-OH is 1. The highest BCUT2D eigenvalue weighted by molar-refractivity contribution is 5.49. The van der Waals surface area contributed by atoms with Crippen LogP contribution in [0.25, 0.3) is 0 Å². The zero-order chi connectivity index (χ0) is 11.6. The van der Waals surface area contributed by atoms with Crippen molar-refractivity contribution in [2.75, 3.05) is 7.11 Å². The Bertz CT molecular complexity index is 354. The second-order valence-electron chi connectivity index (χ2n) is 4.19. The molecule has 0 spiro atoms. The van der Waals surface area contributed by atoms with E-state index in [1.165, 1.54) is 16.7 Å². The number of rotatable bonds is 3. The van der Waals surface area contributed by atoms with Gasteiger partial charge in [-0.2, -0.15) is 0 Å². The number of ether oxygens (including phenoxy) is 1. The topological polar surface area (TPSA) is 29.5 Å². The standard InChI is InChI=1S/C13H20O2/c1-8-6-12(7-9(2)14)10(3)11(4)13(8)15-5/h6,9,14H,7H2,1-5H3. The van der Waals surface area contributed by atoms with Gasteiger partial charge in [0.25, 0.3) is 0 Å². The van der Waals surface area contributed by atoms with Crippen molar-refractivity contribution in [3.05, 3.63) is 28.3 Å². The Balaban J connectivity index is 3.21. The van der Waals surface area contributed by atoms with Crippen molar-refractivity contribution in [1.29, 1.82) is 0 Å². The lowest BCUT2D eigenvalue weighted by Gasteiger charge is -2.16. The lowest BCUT2D eigenvalue weighted by molar-refractivity contribution is 0.195. The van der Waals surface area contributed by atoms with Crippen molar-refractivity contribution in [3.63, 3.8) is 0 Å². The molecule has 0 amide bonds. The van der Waals surface area contributed by atoms with Crippen LogP contribution in [0.2, 0.25) is 0 Å². The molecule has 0 bridgehead atoms. The molecule has 2 heteroatoms. The molecule has 0 radical (unpaired) electrons. The van der Waals surface area contributed by atoms with Crippen molar-refractivity contribution < 1.29 is 9.84 Å². The Morgan fingerprint density at radius 1 is 1.27 bits per heavy atom. The summed E-state index contributed by atoms with van der Waals surface area (Å²) >= 11 is 0. The van der Waals surface area contributed by atoms with E-state index in [0.717, 1.165) is 11.3 Å². The van der Waals surface area contributed by atoms with Crippen molar-refractivity contribution in [2.45, 2.75) is 40.2 Å². The second-order valence-corrected chi connectivity index (χ2v) is 4.19. The third kappa shape index (κ3) is 2.51. The highest BCUT2D eigenvalue weighted by atomic mass is 16.5. The minimum absolute atomic E-state index is 0.295. The third-order valence-electron chi connectivity index (χ3n) is 2.85. The van der Waals surface area contributed by atoms with E-state index in [1.54, 1.807) is 7.11 Å². The first-order chi connectivity index (χ1) is 6.97. The molecule has 15 heavy (non-hydrogen) atoms. The van der Waals surface area contributed by atoms with E-state index >= 15 is 0 Å². The van der Waals surface area contributed by atoms with Crippen LogP contribution in [0.5, 0.6) is 5.75 Å². The fourth-order valence-electron chi connectivity index (χ4n) is 1.99. The van der Waals surface area contributed by atoms with E-state index in [0.29, 0.717) is 6.42 Å². The van der Waals surface area contributed by atoms with Crippen LogP contribution >= 0.6 is 0 Å². The van der Waals surface area contributed by atoms with Crippen LogP contribution in [-0.2, 0) is 6.42 Å². The fraction of sp³-hybridized carbons (Fsp3) is 0.538. The van der Waals surface area contributed by atoms with Crippen molar-refractivity contribution in [2.24, 2.45) is 0 Å². The van der Waals surface area contributed by atoms with Crippen LogP contribution in [0.1, 0.15) is 29.2 Å². The van der Waals surface area contributed by atoms with E-state index in [1.807, 2.05) is 13.8 Å². The van der Waals surface area contributed by atoms with Crippen LogP contribution in [0.15, 0.2) is 6.07 Å². The second kappa shape index (κ2) is 4.67. The highest BCUT2D eigenvalue weighted by Crippen LogP contribution is 2.29. The SMILES string of the molecule is COc1c(C)cc(CC(C)O)c(C)c1C. The quantitative estimate of drug-likeness (QED) is 0.827. The summed E-state index contributed by atoms with van der Waals surface area (Å²) in [5.41, 5.74) is 4.74. The molecule has 84 valence electrons. The third-order valence-corrected chi connectivity index (χ3v) is 2.85. The summed E-state index contributed by atoms with van der Waals surface area (Å²) in [5.74, 6) is 0.960. The molecule has 1 unspecified atom stereocenters. The van der Waals surface area contributed by atoms with Crippen LogP contribution in [0.3, 0.4) is 0 Å². The van der Waals surface area contributed by atoms with Gasteiger partial charge in [-0.15, -0.1) is 0 Å². The molecule has 1 N–H and O–H groups in total. The summed E-state index contributed by atoms with van der Waals surface area (Å²) in [5, 5.41) is 9.41. The average molecular weight is 208 g/mol. The first-order valence-corrected chi connectivity index (χ1v) is 5.29. The molecule has 1 rings (SSSR count). The summed E-state index contributed by atoms with van der Waals surface area (Å²) in [6.07, 6.45) is 0.410. The normalized spacial score (nSPS) is 12.7. The predicted octanol–water partition coefficient (Wildman–Crippen LogP) is 2.54. The average Bonchev–Trinajstić information content (AvgIpc) is 2.14. The van der Waals surface area contributed by atoms with Crippen molar-refractivity contribution >= 4 is 0 Å². The van der Waals surface area contributed by atoms with Gasteiger partial charge in [0, 0.05) is 0 Å². The van der Waals surface area contributed by atoms with E-state index in [9.17, 15) is 5.11 Å². The van der Waals surface area contributed by atoms with Gasteiger partial charge in [-0.25, -0.2) is 0 Å². The summed E-state index contributed by atoms with van der Waals surface area (Å²) in [6.45, 7) is 7.99. The van der Waals surface area contributed by atoms with Crippen LogP contribution in [0, 0.1) is 20.8 Å². The Kier molecular flexibility index (Phi) is 3.75. The molecule has 2 nitrogen and oxygen atoms in total. The molecule has 1 aromatic rings. The predicted molar refractivity (Wildman–Crippen MR) is 62.6 cm³/mol. The summed E-state index contributed by atoms with van der Waals surface area (Å²) in [7, 11) is 1.70. The molecular weight excluding hydrogens is 188 g/mol. The minimum atomic E-state index is -0.295. The molecule has 0 saturated carbocycles. The van der Waals surface area contributed by atoms with Gasteiger partial charge in [0.1, 0.15) is 5.75 Å². The Labute approximate surface area is 91.9 Å². The number of methoxy groups -OCH3 is 1. The minimum Gasteiger partial charge on any atom is -0.496 e. The first-order valence-electron chi connectivity index (χ1n) is 5.29. The number of benzene rings is 1. The van der Waals surface area contributed by atoms with Crippen molar-refractivity contribution in [3.8, 4) is 5.75 Å². The van der Waals surface area contributed by atoms with Crippen LogP contribution in [0.4, 0.5) is 0 Å². The summed E-state index contributed by atoms with van der Waals surface area (Å²) in [4.78, 5) is 0. The Hall–Kier alpha value is -1.02. The zero-order valence-electron chi connectivity index (χ0n) is 10.2. The van der Waals surface area contributed by atoms with E-state index in [-0.39, 0.29) is 6.10 Å². The number of hydrogen-bond donors (Lipinski definition) is 1. The lowest BCUT2D eigenvalue weighted by atomic mass is 9.95. The van der Waals surface area contributed by atoms with Gasteiger partial charge in [-0.1, -0.05) is 6.07 Å². The maximum Gasteiger partial charge on any atom is 0.124 e. The molecular formula is C13H20O2. The Morgan fingerprint density at radius 2 is 1.87 bits per heavy atom. The van der Waals surface area contributed by atoms with Crippen molar-refractivity contribution in [1.82, 2.24) is 0 Å². The van der Waals surface area contributed by atoms with E-state index in [2.05, 4.69) is 19.9 Å². The molecule has 0 aliphatic heterocycles. The van der Waals surface area contributed by atoms with Gasteiger partial charge >= 0.3 is 0 Å². The first kappa shape index (κ1) is 12.1. The smallest absolute Gasteiger partial charge is 0.124 e. The summed E-state index contributed by atoms with van der Waals surface area (Å²) < 4.78 is 5.35. The van der Waals surface area contributed by atoms with Gasteiger partial charge in [-0.05, 0) is 56.4 Å². The number of aryl methyl sites for hydroxylation is 1. The van der Waals surface area contributed by atoms with Gasteiger partial charge in [0.2, 0.25) is 0 Å². The molecule has 0 aromatic heterocycles. The number of hydrogen-bond acceptors (Lipinski definition) is 2. The zero-order valence-corrected chi connectivity index (χ0v) is 10.2. The molecule has 0 aliphatic carbocycles. The molecule has 0 fully saturated rings. The largest absolute Gasteiger partial charge is 0.496 e. The van der Waals surface area contributed by atoms with Gasteiger partial charge in [-0.3, -0.25) is 0 Å². The monoisotopic (exact) mass is 208 g/mol. The molecule has 1 aromatic carbocycles. The van der Waals surface area contributed by atoms with Gasteiger partial charge in [0.05, 0.1) is 13.2 Å². The Morgan fingerprint density at radius 3 is 2.33 bits per heavy atom. The molecule has 0 aliphatic rings. The maximum absolute atomic E-state index is 9.41. The van der Waals surface area contributed by atoms with E-state index < -0.39 is 0 Å². The fourth-order valence-corrected chi connectivity index (χ4v) is 1.99. The molecule has 0 heterocycles. The van der Waals surface area contributed by atoms with Crippen LogP contribution in [-0.4, -0.2) is 18.3 Å². The van der Waals surface area contributed by atoms with Gasteiger partial charge < -0.3 is 9.84 Å². The number of aliphatic hydroxyl groups is 1.